The predicted molar refractivity (Wildman–Crippen MR) is 73.6 cm³/mol. The largest absolute Gasteiger partial charge is 0.388 e. The Morgan fingerprint density at radius 3 is 3.22 bits per heavy atom. The summed E-state index contributed by atoms with van der Waals surface area (Å²) in [6.45, 7) is 2.61. The third-order valence-electron chi connectivity index (χ3n) is 3.47. The summed E-state index contributed by atoms with van der Waals surface area (Å²) in [5.74, 6) is 0.547. The Morgan fingerprint density at radius 1 is 1.72 bits per heavy atom. The van der Waals surface area contributed by atoms with Gasteiger partial charge >= 0.3 is 0 Å². The van der Waals surface area contributed by atoms with Crippen molar-refractivity contribution in [3.8, 4) is 0 Å². The van der Waals surface area contributed by atoms with Crippen molar-refractivity contribution in [1.29, 1.82) is 0 Å². The minimum atomic E-state index is -0.681. The van der Waals surface area contributed by atoms with Gasteiger partial charge in [-0.25, -0.2) is 5.10 Å². The van der Waals surface area contributed by atoms with Gasteiger partial charge in [-0.3, -0.25) is 4.79 Å². The van der Waals surface area contributed by atoms with E-state index in [2.05, 4.69) is 38.4 Å². The highest BCUT2D eigenvalue weighted by atomic mass is 79.9. The lowest BCUT2D eigenvalue weighted by Gasteiger charge is -2.35. The molecular formula is C12H18BrN3O2. The van der Waals surface area contributed by atoms with Crippen LogP contribution in [0.3, 0.4) is 0 Å². The zero-order valence-corrected chi connectivity index (χ0v) is 12.0. The zero-order valence-electron chi connectivity index (χ0n) is 10.4. The number of halogens is 1. The number of nitrogens with zero attached hydrogens (tertiary/aromatic N) is 1. The molecule has 1 aromatic rings. The third kappa shape index (κ3) is 3.11. The molecule has 1 saturated carbocycles. The minimum absolute atomic E-state index is 0.274. The van der Waals surface area contributed by atoms with Crippen LogP contribution in [-0.4, -0.2) is 27.4 Å². The highest BCUT2D eigenvalue weighted by molar-refractivity contribution is 9.10. The molecule has 0 spiro atoms. The number of H-pyrrole nitrogens is 1. The number of aliphatic hydroxyl groups is 1. The molecule has 0 radical (unpaired) electrons. The molecule has 0 aromatic carbocycles. The smallest absolute Gasteiger partial charge is 0.280 e. The van der Waals surface area contributed by atoms with Crippen molar-refractivity contribution in [3.63, 3.8) is 0 Å². The second-order valence-electron chi connectivity index (χ2n) is 5.21. The highest BCUT2D eigenvalue weighted by Gasteiger charge is 2.32. The van der Waals surface area contributed by atoms with Gasteiger partial charge in [-0.15, -0.1) is 0 Å². The van der Waals surface area contributed by atoms with Crippen molar-refractivity contribution in [3.05, 3.63) is 21.0 Å². The predicted octanol–water partition coefficient (Wildman–Crippen LogP) is 1.89. The van der Waals surface area contributed by atoms with Crippen molar-refractivity contribution in [2.75, 3.05) is 11.9 Å². The number of rotatable bonds is 3. The Bertz CT molecular complexity index is 477. The maximum atomic E-state index is 11.4. The lowest BCUT2D eigenvalue weighted by molar-refractivity contribution is -0.000779. The second-order valence-corrected chi connectivity index (χ2v) is 6.00. The Morgan fingerprint density at radius 2 is 2.50 bits per heavy atom. The van der Waals surface area contributed by atoms with Gasteiger partial charge < -0.3 is 10.4 Å². The van der Waals surface area contributed by atoms with E-state index in [0.717, 1.165) is 19.3 Å². The van der Waals surface area contributed by atoms with Crippen LogP contribution < -0.4 is 10.9 Å². The van der Waals surface area contributed by atoms with Crippen LogP contribution in [0.1, 0.15) is 32.6 Å². The van der Waals surface area contributed by atoms with E-state index in [9.17, 15) is 9.90 Å². The van der Waals surface area contributed by atoms with Crippen LogP contribution in [0.4, 0.5) is 5.69 Å². The van der Waals surface area contributed by atoms with Gasteiger partial charge in [-0.05, 0) is 34.7 Å². The Kier molecular flexibility index (Phi) is 4.07. The number of aromatic nitrogens is 2. The van der Waals surface area contributed by atoms with Crippen LogP contribution in [0.25, 0.3) is 0 Å². The summed E-state index contributed by atoms with van der Waals surface area (Å²) < 4.78 is 0.421. The molecule has 1 heterocycles. The van der Waals surface area contributed by atoms with Crippen LogP contribution in [0.5, 0.6) is 0 Å². The van der Waals surface area contributed by atoms with Gasteiger partial charge in [-0.1, -0.05) is 19.8 Å². The normalized spacial score (nSPS) is 28.1. The lowest BCUT2D eigenvalue weighted by atomic mass is 9.79. The Hall–Kier alpha value is -0.880. The number of nitrogens with one attached hydrogen (secondary N) is 2. The standard InChI is InChI=1S/C12H18BrN3O2/c1-8-3-2-4-12(18,5-8)7-14-9-6-15-16-11(17)10(9)13/h6,8,18H,2-5,7H2,1H3,(H2,14,16,17). The quantitative estimate of drug-likeness (QED) is 0.796. The topological polar surface area (TPSA) is 78.0 Å². The van der Waals surface area contributed by atoms with Crippen molar-refractivity contribution < 1.29 is 5.11 Å². The Balaban J connectivity index is 2.02. The molecule has 0 bridgehead atoms. The molecule has 1 aliphatic rings. The van der Waals surface area contributed by atoms with Gasteiger partial charge in [0.1, 0.15) is 4.47 Å². The zero-order chi connectivity index (χ0) is 13.2. The first-order valence-corrected chi connectivity index (χ1v) is 6.99. The van der Waals surface area contributed by atoms with Crippen molar-refractivity contribution in [2.45, 2.75) is 38.2 Å². The summed E-state index contributed by atoms with van der Waals surface area (Å²) in [6.07, 6.45) is 5.38. The van der Waals surface area contributed by atoms with Crippen LogP contribution in [0, 0.1) is 5.92 Å². The molecule has 1 aromatic heterocycles. The summed E-state index contributed by atoms with van der Waals surface area (Å²) in [6, 6.07) is 0. The molecule has 1 aliphatic carbocycles. The number of aromatic amines is 1. The van der Waals surface area contributed by atoms with Crippen LogP contribution >= 0.6 is 15.9 Å². The summed E-state index contributed by atoms with van der Waals surface area (Å²) >= 11 is 3.21. The molecule has 18 heavy (non-hydrogen) atoms. The summed E-state index contributed by atoms with van der Waals surface area (Å²) in [5.41, 5.74) is -0.339. The summed E-state index contributed by atoms with van der Waals surface area (Å²) in [4.78, 5) is 11.4. The molecular weight excluding hydrogens is 298 g/mol. The molecule has 2 unspecified atom stereocenters. The molecule has 5 nitrogen and oxygen atoms in total. The minimum Gasteiger partial charge on any atom is -0.388 e. The SMILES string of the molecule is CC1CCCC(O)(CNc2cn[nH]c(=O)c2Br)C1. The van der Waals surface area contributed by atoms with Gasteiger partial charge in [0.2, 0.25) is 0 Å². The van der Waals surface area contributed by atoms with Crippen LogP contribution in [-0.2, 0) is 0 Å². The maximum Gasteiger partial charge on any atom is 0.280 e. The first-order chi connectivity index (χ1) is 8.50. The van der Waals surface area contributed by atoms with E-state index in [4.69, 9.17) is 0 Å². The van der Waals surface area contributed by atoms with Gasteiger partial charge in [0.05, 0.1) is 17.5 Å². The fraction of sp³-hybridized carbons (Fsp3) is 0.667. The van der Waals surface area contributed by atoms with Gasteiger partial charge in [0.25, 0.3) is 5.56 Å². The first kappa shape index (κ1) is 13.5. The van der Waals surface area contributed by atoms with E-state index < -0.39 is 5.60 Å². The summed E-state index contributed by atoms with van der Waals surface area (Å²) in [7, 11) is 0. The molecule has 2 atom stereocenters. The van der Waals surface area contributed by atoms with Gasteiger partial charge in [0, 0.05) is 6.54 Å². The van der Waals surface area contributed by atoms with Crippen molar-refractivity contribution in [1.82, 2.24) is 10.2 Å². The maximum absolute atomic E-state index is 11.4. The molecule has 0 aliphatic heterocycles. The average molecular weight is 316 g/mol. The molecule has 0 saturated heterocycles. The lowest BCUT2D eigenvalue weighted by Crippen LogP contribution is -2.41. The molecule has 0 amide bonds. The first-order valence-electron chi connectivity index (χ1n) is 6.20. The van der Waals surface area contributed by atoms with E-state index in [1.807, 2.05) is 0 Å². The van der Waals surface area contributed by atoms with Crippen molar-refractivity contribution in [2.24, 2.45) is 5.92 Å². The monoisotopic (exact) mass is 315 g/mol. The van der Waals surface area contributed by atoms with E-state index in [1.54, 1.807) is 6.20 Å². The Labute approximate surface area is 114 Å². The number of hydrogen-bond donors (Lipinski definition) is 3. The molecule has 2 rings (SSSR count). The van der Waals surface area contributed by atoms with E-state index >= 15 is 0 Å². The van der Waals surface area contributed by atoms with Gasteiger partial charge in [0.15, 0.2) is 0 Å². The average Bonchev–Trinajstić information content (AvgIpc) is 2.31. The highest BCUT2D eigenvalue weighted by Crippen LogP contribution is 2.32. The van der Waals surface area contributed by atoms with Crippen molar-refractivity contribution >= 4 is 21.6 Å². The van der Waals surface area contributed by atoms with Crippen LogP contribution in [0.2, 0.25) is 0 Å². The summed E-state index contributed by atoms with van der Waals surface area (Å²) in [5, 5.41) is 19.7. The fourth-order valence-corrected chi connectivity index (χ4v) is 2.89. The fourth-order valence-electron chi connectivity index (χ4n) is 2.56. The molecule has 3 N–H and O–H groups in total. The van der Waals surface area contributed by atoms with Crippen LogP contribution in [0.15, 0.2) is 15.5 Å². The molecule has 6 heteroatoms. The van der Waals surface area contributed by atoms with Gasteiger partial charge in [-0.2, -0.15) is 5.10 Å². The van der Waals surface area contributed by atoms with E-state index in [0.29, 0.717) is 22.6 Å². The number of anilines is 1. The molecule has 100 valence electrons. The third-order valence-corrected chi connectivity index (χ3v) is 4.26. The van der Waals surface area contributed by atoms with E-state index in [1.165, 1.54) is 6.42 Å². The number of hydrogen-bond acceptors (Lipinski definition) is 4. The second kappa shape index (κ2) is 5.40. The van der Waals surface area contributed by atoms with E-state index in [-0.39, 0.29) is 5.56 Å². The molecule has 1 fully saturated rings.